The molecule has 0 radical (unpaired) electrons. The van der Waals surface area contributed by atoms with E-state index in [1.807, 2.05) is 36.4 Å². The van der Waals surface area contributed by atoms with Gasteiger partial charge in [-0.25, -0.2) is 0 Å². The molecule has 2 rings (SSSR count). The van der Waals surface area contributed by atoms with Crippen molar-refractivity contribution in [2.75, 3.05) is 7.11 Å². The van der Waals surface area contributed by atoms with Gasteiger partial charge in [0, 0.05) is 5.56 Å². The summed E-state index contributed by atoms with van der Waals surface area (Å²) in [5.41, 5.74) is 1.04. The third-order valence-electron chi connectivity index (χ3n) is 2.71. The smallest absolute Gasteiger partial charge is 0.312 e. The van der Waals surface area contributed by atoms with Crippen molar-refractivity contribution in [3.8, 4) is 5.75 Å². The highest BCUT2D eigenvalue weighted by Crippen LogP contribution is 2.28. The van der Waals surface area contributed by atoms with Crippen LogP contribution in [0.2, 0.25) is 0 Å². The highest BCUT2D eigenvalue weighted by atomic mass is 16.5. The second-order valence-electron chi connectivity index (χ2n) is 3.79. The molecule has 84 valence electrons. The summed E-state index contributed by atoms with van der Waals surface area (Å²) in [6, 6.07) is 7.75. The second kappa shape index (κ2) is 4.39. The molecule has 3 heteroatoms. The Kier molecular flexibility index (Phi) is 2.95. The second-order valence-corrected chi connectivity index (χ2v) is 3.79. The fraction of sp³-hybridized carbons (Fsp3) is 0.308. The molecule has 0 N–H and O–H groups in total. The van der Waals surface area contributed by atoms with E-state index in [0.29, 0.717) is 0 Å². The van der Waals surface area contributed by atoms with Gasteiger partial charge in [0.1, 0.15) is 11.9 Å². The molecular weight excluding hydrogens is 204 g/mol. The van der Waals surface area contributed by atoms with Crippen LogP contribution < -0.4 is 4.74 Å². The normalized spacial score (nSPS) is 19.5. The van der Waals surface area contributed by atoms with E-state index in [4.69, 9.17) is 9.47 Å². The average Bonchev–Trinajstić information content (AvgIpc) is 2.36. The Balaban J connectivity index is 2.17. The Labute approximate surface area is 94.7 Å². The van der Waals surface area contributed by atoms with Gasteiger partial charge in [0.25, 0.3) is 0 Å². The molecule has 1 aliphatic rings. The highest BCUT2D eigenvalue weighted by Gasteiger charge is 2.26. The van der Waals surface area contributed by atoms with E-state index in [0.717, 1.165) is 11.3 Å². The summed E-state index contributed by atoms with van der Waals surface area (Å²) in [4.78, 5) is 11.4. The number of rotatable bonds is 2. The quantitative estimate of drug-likeness (QED) is 0.714. The molecular formula is C13H14O3. The van der Waals surface area contributed by atoms with Crippen LogP contribution in [-0.2, 0) is 9.53 Å². The molecule has 0 aliphatic carbocycles. The fourth-order valence-electron chi connectivity index (χ4n) is 1.70. The van der Waals surface area contributed by atoms with Gasteiger partial charge < -0.3 is 9.47 Å². The first-order valence-corrected chi connectivity index (χ1v) is 5.24. The first-order valence-electron chi connectivity index (χ1n) is 5.24. The Bertz CT molecular complexity index is 423. The van der Waals surface area contributed by atoms with E-state index in [1.54, 1.807) is 6.92 Å². The first kappa shape index (κ1) is 10.7. The summed E-state index contributed by atoms with van der Waals surface area (Å²) in [7, 11) is 1.39. The number of carbonyl (C=O) groups is 1. The molecule has 0 saturated carbocycles. The number of benzene rings is 1. The van der Waals surface area contributed by atoms with Crippen LogP contribution in [-0.4, -0.2) is 19.2 Å². The van der Waals surface area contributed by atoms with E-state index in [-0.39, 0.29) is 18.0 Å². The number of ether oxygens (including phenoxy) is 2. The summed E-state index contributed by atoms with van der Waals surface area (Å²) in [5, 5.41) is 0. The van der Waals surface area contributed by atoms with Crippen LogP contribution in [0.4, 0.5) is 0 Å². The molecule has 3 nitrogen and oxygen atoms in total. The standard InChI is InChI=1S/C13H14O3/c1-9(13(14)15-2)11-8-7-10-5-3-4-6-12(10)16-11/h3-9,11H,1-2H3. The zero-order valence-corrected chi connectivity index (χ0v) is 9.34. The summed E-state index contributed by atoms with van der Waals surface area (Å²) >= 11 is 0. The Morgan fingerprint density at radius 2 is 2.19 bits per heavy atom. The van der Waals surface area contributed by atoms with Gasteiger partial charge in [-0.1, -0.05) is 24.3 Å². The predicted molar refractivity (Wildman–Crippen MR) is 61.1 cm³/mol. The number of hydrogen-bond acceptors (Lipinski definition) is 3. The fourth-order valence-corrected chi connectivity index (χ4v) is 1.70. The molecule has 0 bridgehead atoms. The van der Waals surface area contributed by atoms with E-state index < -0.39 is 0 Å². The van der Waals surface area contributed by atoms with Gasteiger partial charge >= 0.3 is 5.97 Å². The molecule has 1 heterocycles. The molecule has 2 atom stereocenters. The largest absolute Gasteiger partial charge is 0.485 e. The highest BCUT2D eigenvalue weighted by molar-refractivity contribution is 5.74. The maximum atomic E-state index is 11.4. The lowest BCUT2D eigenvalue weighted by Gasteiger charge is -2.24. The van der Waals surface area contributed by atoms with Crippen LogP contribution in [0.3, 0.4) is 0 Å². The maximum Gasteiger partial charge on any atom is 0.312 e. The lowest BCUT2D eigenvalue weighted by Crippen LogP contribution is -2.31. The van der Waals surface area contributed by atoms with E-state index in [2.05, 4.69) is 0 Å². The third kappa shape index (κ3) is 1.94. The Morgan fingerprint density at radius 1 is 1.44 bits per heavy atom. The molecule has 0 saturated heterocycles. The van der Waals surface area contributed by atoms with Gasteiger partial charge in [-0.15, -0.1) is 0 Å². The molecule has 0 aromatic heterocycles. The molecule has 1 aromatic carbocycles. The lowest BCUT2D eigenvalue weighted by atomic mass is 10.0. The Hall–Kier alpha value is -1.77. The van der Waals surface area contributed by atoms with Crippen molar-refractivity contribution in [3.05, 3.63) is 35.9 Å². The summed E-state index contributed by atoms with van der Waals surface area (Å²) in [5.74, 6) is 0.259. The summed E-state index contributed by atoms with van der Waals surface area (Å²) < 4.78 is 10.4. The van der Waals surface area contributed by atoms with Crippen molar-refractivity contribution in [2.24, 2.45) is 5.92 Å². The van der Waals surface area contributed by atoms with Crippen LogP contribution in [0.25, 0.3) is 6.08 Å². The number of fused-ring (bicyclic) bond motifs is 1. The van der Waals surface area contributed by atoms with Gasteiger partial charge in [-0.2, -0.15) is 0 Å². The van der Waals surface area contributed by atoms with Crippen molar-refractivity contribution in [2.45, 2.75) is 13.0 Å². The number of para-hydroxylation sites is 1. The van der Waals surface area contributed by atoms with Gasteiger partial charge in [0.2, 0.25) is 0 Å². The van der Waals surface area contributed by atoms with Crippen molar-refractivity contribution in [3.63, 3.8) is 0 Å². The average molecular weight is 218 g/mol. The summed E-state index contributed by atoms with van der Waals surface area (Å²) in [6.45, 7) is 1.80. The number of methoxy groups -OCH3 is 1. The third-order valence-corrected chi connectivity index (χ3v) is 2.71. The van der Waals surface area contributed by atoms with Gasteiger partial charge in [0.05, 0.1) is 13.0 Å². The SMILES string of the molecule is COC(=O)C(C)C1C=Cc2ccccc2O1. The number of carbonyl (C=O) groups excluding carboxylic acids is 1. The minimum Gasteiger partial charge on any atom is -0.485 e. The summed E-state index contributed by atoms with van der Waals surface area (Å²) in [6.07, 6.45) is 3.62. The van der Waals surface area contributed by atoms with Crippen molar-refractivity contribution in [1.29, 1.82) is 0 Å². The molecule has 0 fully saturated rings. The van der Waals surface area contributed by atoms with Crippen LogP contribution in [0, 0.1) is 5.92 Å². The van der Waals surface area contributed by atoms with E-state index in [9.17, 15) is 4.79 Å². The van der Waals surface area contributed by atoms with Crippen LogP contribution in [0.1, 0.15) is 12.5 Å². The zero-order valence-electron chi connectivity index (χ0n) is 9.34. The maximum absolute atomic E-state index is 11.4. The Morgan fingerprint density at radius 3 is 2.94 bits per heavy atom. The van der Waals surface area contributed by atoms with E-state index >= 15 is 0 Å². The van der Waals surface area contributed by atoms with Crippen molar-refractivity contribution >= 4 is 12.0 Å². The molecule has 1 aromatic rings. The minimum absolute atomic E-state index is 0.248. The first-order chi connectivity index (χ1) is 7.72. The molecule has 2 unspecified atom stereocenters. The molecule has 0 amide bonds. The minimum atomic E-state index is -0.297. The van der Waals surface area contributed by atoms with Crippen LogP contribution in [0.15, 0.2) is 30.3 Å². The molecule has 1 aliphatic heterocycles. The molecule has 16 heavy (non-hydrogen) atoms. The number of esters is 1. The topological polar surface area (TPSA) is 35.5 Å². The lowest BCUT2D eigenvalue weighted by molar-refractivity contribution is -0.147. The monoisotopic (exact) mass is 218 g/mol. The van der Waals surface area contributed by atoms with Crippen LogP contribution >= 0.6 is 0 Å². The molecule has 0 spiro atoms. The van der Waals surface area contributed by atoms with Gasteiger partial charge in [-0.3, -0.25) is 4.79 Å². The van der Waals surface area contributed by atoms with Gasteiger partial charge in [0.15, 0.2) is 0 Å². The number of hydrogen-bond donors (Lipinski definition) is 0. The van der Waals surface area contributed by atoms with Crippen molar-refractivity contribution in [1.82, 2.24) is 0 Å². The predicted octanol–water partition coefficient (Wildman–Crippen LogP) is 2.27. The van der Waals surface area contributed by atoms with Crippen molar-refractivity contribution < 1.29 is 14.3 Å². The zero-order chi connectivity index (χ0) is 11.5. The van der Waals surface area contributed by atoms with Gasteiger partial charge in [-0.05, 0) is 19.1 Å². The van der Waals surface area contributed by atoms with Crippen LogP contribution in [0.5, 0.6) is 5.75 Å². The van der Waals surface area contributed by atoms with E-state index in [1.165, 1.54) is 7.11 Å².